The van der Waals surface area contributed by atoms with E-state index in [1.165, 1.54) is 10.7 Å². The van der Waals surface area contributed by atoms with Crippen molar-refractivity contribution >= 4 is 17.4 Å². The Morgan fingerprint density at radius 3 is 2.95 bits per heavy atom. The number of hydrogen-bond donors (Lipinski definition) is 0. The second-order valence-electron chi connectivity index (χ2n) is 5.29. The van der Waals surface area contributed by atoms with Crippen LogP contribution in [-0.2, 0) is 4.79 Å². The van der Waals surface area contributed by atoms with Crippen LogP contribution in [0.4, 0.5) is 10.3 Å². The summed E-state index contributed by atoms with van der Waals surface area (Å²) in [5.41, 5.74) is 1.19. The molecular weight excluding hydrogens is 273 g/mol. The van der Waals surface area contributed by atoms with E-state index in [2.05, 4.69) is 20.5 Å². The van der Waals surface area contributed by atoms with Gasteiger partial charge in [0.1, 0.15) is 17.6 Å². The first-order chi connectivity index (χ1) is 10.3. The van der Waals surface area contributed by atoms with Gasteiger partial charge in [0.2, 0.25) is 0 Å². The standard InChI is InChI=1S/C14H12FN5O/c15-9-5-2-1-4-8(9)13-12-10(6-3-7-11(12)21)16-14-17-18-19-20(13)14/h1-2,4-5,12-13H,3,6-7H2. The van der Waals surface area contributed by atoms with E-state index in [1.54, 1.807) is 18.2 Å². The molecule has 106 valence electrons. The van der Waals surface area contributed by atoms with Gasteiger partial charge in [-0.2, -0.15) is 0 Å². The van der Waals surface area contributed by atoms with Crippen molar-refractivity contribution in [2.24, 2.45) is 10.9 Å². The van der Waals surface area contributed by atoms with Crippen LogP contribution in [0.15, 0.2) is 29.3 Å². The minimum Gasteiger partial charge on any atom is -0.299 e. The largest absolute Gasteiger partial charge is 0.299 e. The van der Waals surface area contributed by atoms with Gasteiger partial charge >= 0.3 is 0 Å². The first-order valence-electron chi connectivity index (χ1n) is 6.88. The molecule has 1 saturated carbocycles. The summed E-state index contributed by atoms with van der Waals surface area (Å²) in [6.07, 6.45) is 2.00. The van der Waals surface area contributed by atoms with Crippen LogP contribution >= 0.6 is 0 Å². The van der Waals surface area contributed by atoms with E-state index in [0.717, 1.165) is 18.6 Å². The van der Waals surface area contributed by atoms with Gasteiger partial charge in [-0.1, -0.05) is 23.3 Å². The average molecular weight is 285 g/mol. The highest BCUT2D eigenvalue weighted by atomic mass is 19.1. The van der Waals surface area contributed by atoms with E-state index in [0.29, 0.717) is 17.9 Å². The number of fused-ring (bicyclic) bond motifs is 2. The number of benzene rings is 1. The van der Waals surface area contributed by atoms with Gasteiger partial charge in [0.25, 0.3) is 5.95 Å². The maximum absolute atomic E-state index is 14.2. The summed E-state index contributed by atoms with van der Waals surface area (Å²) in [6, 6.07) is 5.89. The van der Waals surface area contributed by atoms with Gasteiger partial charge in [0, 0.05) is 17.7 Å². The summed E-state index contributed by atoms with van der Waals surface area (Å²) in [5.74, 6) is -0.408. The Hall–Kier alpha value is -2.44. The predicted molar refractivity (Wildman–Crippen MR) is 71.8 cm³/mol. The Kier molecular flexibility index (Phi) is 2.66. The second-order valence-corrected chi connectivity index (χ2v) is 5.29. The number of halogens is 1. The van der Waals surface area contributed by atoms with Crippen LogP contribution in [0.2, 0.25) is 0 Å². The fourth-order valence-electron chi connectivity index (χ4n) is 3.16. The lowest BCUT2D eigenvalue weighted by Gasteiger charge is -2.33. The first-order valence-corrected chi connectivity index (χ1v) is 6.88. The lowest BCUT2D eigenvalue weighted by Crippen LogP contribution is -2.39. The van der Waals surface area contributed by atoms with Crippen molar-refractivity contribution in [3.8, 4) is 0 Å². The summed E-state index contributed by atoms with van der Waals surface area (Å²) in [5, 5.41) is 11.4. The van der Waals surface area contributed by atoms with E-state index >= 15 is 0 Å². The molecule has 0 N–H and O–H groups in total. The Balaban J connectivity index is 1.93. The summed E-state index contributed by atoms with van der Waals surface area (Å²) in [4.78, 5) is 16.8. The number of aromatic nitrogens is 4. The normalized spacial score (nSPS) is 24.2. The minimum atomic E-state index is -0.545. The number of aliphatic imine (C=N–C) groups is 1. The zero-order chi connectivity index (χ0) is 14.4. The van der Waals surface area contributed by atoms with Crippen molar-refractivity contribution < 1.29 is 9.18 Å². The average Bonchev–Trinajstić information content (AvgIpc) is 2.94. The van der Waals surface area contributed by atoms with Crippen LogP contribution in [0.5, 0.6) is 0 Å². The summed E-state index contributed by atoms with van der Waals surface area (Å²) >= 11 is 0. The second kappa shape index (κ2) is 4.54. The van der Waals surface area contributed by atoms with Crippen LogP contribution in [0.3, 0.4) is 0 Å². The third-order valence-corrected chi connectivity index (χ3v) is 4.08. The zero-order valence-corrected chi connectivity index (χ0v) is 11.1. The molecule has 2 atom stereocenters. The highest BCUT2D eigenvalue weighted by molar-refractivity contribution is 6.09. The predicted octanol–water partition coefficient (Wildman–Crippen LogP) is 1.86. The van der Waals surface area contributed by atoms with Crippen molar-refractivity contribution in [2.75, 3.05) is 0 Å². The van der Waals surface area contributed by atoms with E-state index < -0.39 is 12.0 Å². The van der Waals surface area contributed by atoms with E-state index in [9.17, 15) is 9.18 Å². The van der Waals surface area contributed by atoms with Gasteiger partial charge in [-0.05, 0) is 29.3 Å². The molecule has 1 fully saturated rings. The topological polar surface area (TPSA) is 73.0 Å². The molecule has 0 amide bonds. The molecule has 2 heterocycles. The number of tetrazole rings is 1. The first kappa shape index (κ1) is 12.3. The number of ketones is 1. The lowest BCUT2D eigenvalue weighted by molar-refractivity contribution is -0.122. The monoisotopic (exact) mass is 285 g/mol. The van der Waals surface area contributed by atoms with Gasteiger partial charge in [-0.25, -0.2) is 14.1 Å². The Labute approximate surface area is 119 Å². The van der Waals surface area contributed by atoms with E-state index in [-0.39, 0.29) is 11.6 Å². The third kappa shape index (κ3) is 1.80. The zero-order valence-electron chi connectivity index (χ0n) is 11.1. The summed E-state index contributed by atoms with van der Waals surface area (Å²) in [6.45, 7) is 0. The number of nitrogens with zero attached hydrogens (tertiary/aromatic N) is 5. The van der Waals surface area contributed by atoms with Crippen molar-refractivity contribution in [1.29, 1.82) is 0 Å². The van der Waals surface area contributed by atoms with Gasteiger partial charge in [0.05, 0.1) is 5.92 Å². The van der Waals surface area contributed by atoms with Crippen LogP contribution in [0.1, 0.15) is 30.9 Å². The van der Waals surface area contributed by atoms with Gasteiger partial charge < -0.3 is 0 Å². The maximum atomic E-state index is 14.2. The van der Waals surface area contributed by atoms with Crippen molar-refractivity contribution in [1.82, 2.24) is 20.2 Å². The Bertz CT molecular complexity index is 753. The molecule has 7 heteroatoms. The molecule has 2 unspecified atom stereocenters. The van der Waals surface area contributed by atoms with Crippen LogP contribution in [-0.4, -0.2) is 31.7 Å². The van der Waals surface area contributed by atoms with E-state index in [4.69, 9.17) is 0 Å². The van der Waals surface area contributed by atoms with Gasteiger partial charge in [0.15, 0.2) is 0 Å². The molecule has 6 nitrogen and oxygen atoms in total. The molecule has 2 aromatic rings. The number of Topliss-reactive ketones (excluding diaryl/α,β-unsaturated/α-hetero) is 1. The fourth-order valence-corrected chi connectivity index (χ4v) is 3.16. The molecule has 2 aliphatic rings. The molecule has 1 aromatic carbocycles. The van der Waals surface area contributed by atoms with Gasteiger partial charge in [-0.3, -0.25) is 4.79 Å². The smallest absolute Gasteiger partial charge is 0.269 e. The molecular formula is C14H12FN5O. The quantitative estimate of drug-likeness (QED) is 0.801. The maximum Gasteiger partial charge on any atom is 0.269 e. The Morgan fingerprint density at radius 2 is 2.10 bits per heavy atom. The van der Waals surface area contributed by atoms with Gasteiger partial charge in [-0.15, -0.1) is 0 Å². The fraction of sp³-hybridized carbons (Fsp3) is 0.357. The van der Waals surface area contributed by atoms with E-state index in [1.807, 2.05) is 0 Å². The molecule has 1 aliphatic heterocycles. The number of carbonyl (C=O) groups excluding carboxylic acids is 1. The third-order valence-electron chi connectivity index (χ3n) is 4.08. The van der Waals surface area contributed by atoms with Crippen LogP contribution < -0.4 is 0 Å². The van der Waals surface area contributed by atoms with Crippen molar-refractivity contribution in [3.63, 3.8) is 0 Å². The Morgan fingerprint density at radius 1 is 1.24 bits per heavy atom. The number of hydrogen-bond acceptors (Lipinski definition) is 5. The van der Waals surface area contributed by atoms with Crippen molar-refractivity contribution in [2.45, 2.75) is 25.3 Å². The minimum absolute atomic E-state index is 0.0782. The van der Waals surface area contributed by atoms with Crippen LogP contribution in [0, 0.1) is 11.7 Å². The van der Waals surface area contributed by atoms with Crippen LogP contribution in [0.25, 0.3) is 0 Å². The molecule has 1 aliphatic carbocycles. The molecule has 1 aromatic heterocycles. The molecule has 0 spiro atoms. The highest BCUT2D eigenvalue weighted by Crippen LogP contribution is 2.39. The molecule has 0 saturated heterocycles. The number of carbonyl (C=O) groups is 1. The molecule has 21 heavy (non-hydrogen) atoms. The van der Waals surface area contributed by atoms with Crippen molar-refractivity contribution in [3.05, 3.63) is 35.6 Å². The lowest BCUT2D eigenvalue weighted by atomic mass is 9.77. The highest BCUT2D eigenvalue weighted by Gasteiger charge is 2.42. The number of rotatable bonds is 1. The summed E-state index contributed by atoms with van der Waals surface area (Å²) in [7, 11) is 0. The SMILES string of the molecule is O=C1CCCC2=Nc3nnnn3C(c3ccccc3F)C12. The molecule has 0 radical (unpaired) electrons. The summed E-state index contributed by atoms with van der Waals surface area (Å²) < 4.78 is 15.7. The molecule has 0 bridgehead atoms. The molecule has 4 rings (SSSR count).